The molecule has 0 bridgehead atoms. The van der Waals surface area contributed by atoms with Gasteiger partial charge in [0.25, 0.3) is 0 Å². The van der Waals surface area contributed by atoms with E-state index in [2.05, 4.69) is 47.5 Å². The molecule has 0 aliphatic carbocycles. The van der Waals surface area contributed by atoms with Crippen molar-refractivity contribution in [3.63, 3.8) is 0 Å². The van der Waals surface area contributed by atoms with E-state index in [1.165, 1.54) is 38.0 Å². The molecule has 2 nitrogen and oxygen atoms in total. The summed E-state index contributed by atoms with van der Waals surface area (Å²) < 4.78 is 0. The minimum atomic E-state index is 0.840. The summed E-state index contributed by atoms with van der Waals surface area (Å²) in [7, 11) is 0. The lowest BCUT2D eigenvalue weighted by molar-refractivity contribution is 0.166. The maximum absolute atomic E-state index is 3.48. The Morgan fingerprint density at radius 1 is 1.29 bits per heavy atom. The van der Waals surface area contributed by atoms with E-state index in [1.807, 2.05) is 0 Å². The molecule has 1 aromatic rings. The van der Waals surface area contributed by atoms with Gasteiger partial charge < -0.3 is 5.32 Å². The van der Waals surface area contributed by atoms with Crippen molar-refractivity contribution in [3.8, 4) is 0 Å². The number of rotatable bonds is 5. The van der Waals surface area contributed by atoms with Gasteiger partial charge in [0.1, 0.15) is 0 Å². The highest BCUT2D eigenvalue weighted by molar-refractivity contribution is 5.14. The fourth-order valence-electron chi connectivity index (χ4n) is 2.65. The number of nitrogens with zero attached hydrogens (tertiary/aromatic N) is 1. The number of nitrogens with one attached hydrogen (secondary N) is 1. The van der Waals surface area contributed by atoms with Gasteiger partial charge >= 0.3 is 0 Å². The zero-order valence-electron chi connectivity index (χ0n) is 10.9. The Morgan fingerprint density at radius 3 is 2.88 bits per heavy atom. The van der Waals surface area contributed by atoms with Crippen LogP contribution in [0.4, 0.5) is 0 Å². The van der Waals surface area contributed by atoms with Crippen LogP contribution in [-0.4, -0.2) is 31.1 Å². The number of benzene rings is 1. The number of hydrogen-bond acceptors (Lipinski definition) is 2. The second kappa shape index (κ2) is 6.77. The number of piperidine rings is 1. The van der Waals surface area contributed by atoms with Crippen LogP contribution in [-0.2, 0) is 6.54 Å². The average Bonchev–Trinajstić information content (AvgIpc) is 2.38. The summed E-state index contributed by atoms with van der Waals surface area (Å²) in [6, 6.07) is 10.8. The Hall–Kier alpha value is -0.860. The van der Waals surface area contributed by atoms with Crippen molar-refractivity contribution in [2.45, 2.75) is 26.3 Å². The molecule has 1 unspecified atom stereocenters. The van der Waals surface area contributed by atoms with Crippen molar-refractivity contribution >= 4 is 0 Å². The van der Waals surface area contributed by atoms with E-state index in [1.54, 1.807) is 0 Å². The van der Waals surface area contributed by atoms with Crippen molar-refractivity contribution in [3.05, 3.63) is 35.9 Å². The zero-order valence-corrected chi connectivity index (χ0v) is 10.9. The van der Waals surface area contributed by atoms with Gasteiger partial charge in [0.05, 0.1) is 0 Å². The molecule has 1 saturated heterocycles. The summed E-state index contributed by atoms with van der Waals surface area (Å²) in [5.41, 5.74) is 1.44. The van der Waals surface area contributed by atoms with Crippen LogP contribution in [0.2, 0.25) is 0 Å². The predicted molar refractivity (Wildman–Crippen MR) is 73.0 cm³/mol. The maximum atomic E-state index is 3.48. The van der Waals surface area contributed by atoms with Crippen molar-refractivity contribution in [1.82, 2.24) is 10.2 Å². The molecule has 1 atom stereocenters. The van der Waals surface area contributed by atoms with Crippen LogP contribution >= 0.6 is 0 Å². The van der Waals surface area contributed by atoms with Gasteiger partial charge in [-0.05, 0) is 44.0 Å². The summed E-state index contributed by atoms with van der Waals surface area (Å²) in [6.07, 6.45) is 2.74. The Bertz CT molecular complexity index is 310. The topological polar surface area (TPSA) is 15.3 Å². The van der Waals surface area contributed by atoms with Gasteiger partial charge in [0.2, 0.25) is 0 Å². The first-order valence-corrected chi connectivity index (χ1v) is 6.85. The second-order valence-electron chi connectivity index (χ2n) is 5.04. The molecule has 1 aliphatic heterocycles. The third kappa shape index (κ3) is 4.14. The lowest BCUT2D eigenvalue weighted by Crippen LogP contribution is -2.39. The average molecular weight is 232 g/mol. The van der Waals surface area contributed by atoms with Crippen LogP contribution in [0.1, 0.15) is 25.3 Å². The lowest BCUT2D eigenvalue weighted by atomic mass is 9.97. The van der Waals surface area contributed by atoms with Gasteiger partial charge in [-0.3, -0.25) is 4.90 Å². The van der Waals surface area contributed by atoms with Gasteiger partial charge in [-0.15, -0.1) is 0 Å². The highest BCUT2D eigenvalue weighted by Gasteiger charge is 2.19. The molecule has 1 aromatic carbocycles. The van der Waals surface area contributed by atoms with Crippen molar-refractivity contribution in [1.29, 1.82) is 0 Å². The third-order valence-corrected chi connectivity index (χ3v) is 3.54. The standard InChI is InChI=1S/C15H24N2/c1-2-16-11-15-9-6-10-17(13-15)12-14-7-4-3-5-8-14/h3-5,7-8,15-16H,2,6,9-13H2,1H3. The van der Waals surface area contributed by atoms with Crippen LogP contribution in [0.5, 0.6) is 0 Å². The molecule has 1 fully saturated rings. The summed E-state index contributed by atoms with van der Waals surface area (Å²) >= 11 is 0. The van der Waals surface area contributed by atoms with Crippen LogP contribution in [0.25, 0.3) is 0 Å². The van der Waals surface area contributed by atoms with E-state index in [4.69, 9.17) is 0 Å². The monoisotopic (exact) mass is 232 g/mol. The van der Waals surface area contributed by atoms with Gasteiger partial charge in [-0.1, -0.05) is 37.3 Å². The van der Waals surface area contributed by atoms with Crippen LogP contribution in [0, 0.1) is 5.92 Å². The molecule has 17 heavy (non-hydrogen) atoms. The molecular weight excluding hydrogens is 208 g/mol. The van der Waals surface area contributed by atoms with E-state index in [0.717, 1.165) is 19.0 Å². The molecule has 2 heteroatoms. The predicted octanol–water partition coefficient (Wildman–Crippen LogP) is 2.51. The van der Waals surface area contributed by atoms with Crippen LogP contribution in [0.15, 0.2) is 30.3 Å². The minimum Gasteiger partial charge on any atom is -0.317 e. The molecule has 1 heterocycles. The Balaban J connectivity index is 1.81. The van der Waals surface area contributed by atoms with E-state index in [9.17, 15) is 0 Å². The van der Waals surface area contributed by atoms with E-state index < -0.39 is 0 Å². The van der Waals surface area contributed by atoms with Crippen LogP contribution < -0.4 is 5.32 Å². The molecule has 94 valence electrons. The van der Waals surface area contributed by atoms with E-state index in [-0.39, 0.29) is 0 Å². The first kappa shape index (κ1) is 12.6. The third-order valence-electron chi connectivity index (χ3n) is 3.54. The first-order chi connectivity index (χ1) is 8.38. The smallest absolute Gasteiger partial charge is 0.0233 e. The van der Waals surface area contributed by atoms with E-state index in [0.29, 0.717) is 0 Å². The normalized spacial score (nSPS) is 21.6. The quantitative estimate of drug-likeness (QED) is 0.839. The molecular formula is C15H24N2. The fraction of sp³-hybridized carbons (Fsp3) is 0.600. The summed E-state index contributed by atoms with van der Waals surface area (Å²) in [6.45, 7) is 8.09. The van der Waals surface area contributed by atoms with Gasteiger partial charge in [-0.2, -0.15) is 0 Å². The first-order valence-electron chi connectivity index (χ1n) is 6.85. The molecule has 1 N–H and O–H groups in total. The van der Waals surface area contributed by atoms with Gasteiger partial charge in [0.15, 0.2) is 0 Å². The maximum Gasteiger partial charge on any atom is 0.0233 e. The number of hydrogen-bond donors (Lipinski definition) is 1. The van der Waals surface area contributed by atoms with Gasteiger partial charge in [0, 0.05) is 13.1 Å². The molecule has 0 amide bonds. The van der Waals surface area contributed by atoms with E-state index >= 15 is 0 Å². The Morgan fingerprint density at radius 2 is 2.12 bits per heavy atom. The summed E-state index contributed by atoms with van der Waals surface area (Å²) in [5.74, 6) is 0.840. The fourth-order valence-corrected chi connectivity index (χ4v) is 2.65. The largest absolute Gasteiger partial charge is 0.317 e. The molecule has 1 aliphatic rings. The molecule has 0 aromatic heterocycles. The van der Waals surface area contributed by atoms with Crippen molar-refractivity contribution in [2.24, 2.45) is 5.92 Å². The second-order valence-corrected chi connectivity index (χ2v) is 5.04. The number of likely N-dealkylation sites (tertiary alicyclic amines) is 1. The molecule has 2 rings (SSSR count). The zero-order chi connectivity index (χ0) is 11.9. The Kier molecular flexibility index (Phi) is 5.02. The van der Waals surface area contributed by atoms with Crippen molar-refractivity contribution < 1.29 is 0 Å². The minimum absolute atomic E-state index is 0.840. The highest BCUT2D eigenvalue weighted by atomic mass is 15.1. The molecule has 0 spiro atoms. The summed E-state index contributed by atoms with van der Waals surface area (Å²) in [4.78, 5) is 2.60. The molecule has 0 radical (unpaired) electrons. The van der Waals surface area contributed by atoms with Crippen molar-refractivity contribution in [2.75, 3.05) is 26.2 Å². The van der Waals surface area contributed by atoms with Crippen LogP contribution in [0.3, 0.4) is 0 Å². The van der Waals surface area contributed by atoms with Gasteiger partial charge in [-0.25, -0.2) is 0 Å². The summed E-state index contributed by atoms with van der Waals surface area (Å²) in [5, 5.41) is 3.48. The Labute approximate surface area is 105 Å². The molecule has 0 saturated carbocycles. The lowest BCUT2D eigenvalue weighted by Gasteiger charge is -2.32. The highest BCUT2D eigenvalue weighted by Crippen LogP contribution is 2.17. The SMILES string of the molecule is CCNCC1CCCN(Cc2ccccc2)C1.